The second-order valence-electron chi connectivity index (χ2n) is 6.56. The Hall–Kier alpha value is -1.66. The summed E-state index contributed by atoms with van der Waals surface area (Å²) >= 11 is 0. The summed E-state index contributed by atoms with van der Waals surface area (Å²) in [6, 6.07) is 0. The van der Waals surface area contributed by atoms with Gasteiger partial charge in [0, 0.05) is 12.0 Å². The van der Waals surface area contributed by atoms with Gasteiger partial charge in [-0.25, -0.2) is 9.59 Å². The summed E-state index contributed by atoms with van der Waals surface area (Å²) in [5, 5.41) is 0. The molecule has 3 saturated heterocycles. The largest absolute Gasteiger partial charge is 0.458 e. The lowest BCUT2D eigenvalue weighted by Gasteiger charge is -2.23. The van der Waals surface area contributed by atoms with Crippen LogP contribution in [0.5, 0.6) is 0 Å². The molecule has 5 aliphatic rings. The van der Waals surface area contributed by atoms with Crippen molar-refractivity contribution >= 4 is 11.9 Å². The van der Waals surface area contributed by atoms with Gasteiger partial charge < -0.3 is 18.9 Å². The number of carbonyl (C=O) groups is 2. The van der Waals surface area contributed by atoms with E-state index < -0.39 is 12.1 Å². The lowest BCUT2D eigenvalue weighted by molar-refractivity contribution is -0.143. The fourth-order valence-corrected chi connectivity index (χ4v) is 3.92. The molecule has 6 nitrogen and oxygen atoms in total. The summed E-state index contributed by atoms with van der Waals surface area (Å²) in [5.41, 5.74) is 0.536. The molecule has 2 bridgehead atoms. The average molecular weight is 290 g/mol. The number of rotatable bonds is 0. The van der Waals surface area contributed by atoms with E-state index in [2.05, 4.69) is 6.58 Å². The van der Waals surface area contributed by atoms with Gasteiger partial charge in [0.05, 0.1) is 17.1 Å². The second kappa shape index (κ2) is 3.39. The third-order valence-electron chi connectivity index (χ3n) is 5.18. The van der Waals surface area contributed by atoms with Crippen LogP contribution in [-0.4, -0.2) is 48.1 Å². The molecule has 1 aliphatic carbocycles. The van der Waals surface area contributed by atoms with Gasteiger partial charge in [-0.1, -0.05) is 6.58 Å². The molecule has 7 atom stereocenters. The van der Waals surface area contributed by atoms with Crippen LogP contribution in [0, 0.1) is 5.92 Å². The highest BCUT2D eigenvalue weighted by Gasteiger charge is 2.68. The molecule has 0 aromatic rings. The van der Waals surface area contributed by atoms with Gasteiger partial charge in [0.2, 0.25) is 0 Å². The number of esters is 2. The van der Waals surface area contributed by atoms with Crippen LogP contribution >= 0.6 is 0 Å². The molecule has 4 aliphatic heterocycles. The first-order valence-corrected chi connectivity index (χ1v) is 7.14. The second-order valence-corrected chi connectivity index (χ2v) is 6.56. The molecule has 3 fully saturated rings. The number of ether oxygens (including phenoxy) is 4. The maximum absolute atomic E-state index is 12.0. The molecule has 0 saturated carbocycles. The van der Waals surface area contributed by atoms with Gasteiger partial charge in [0.25, 0.3) is 0 Å². The Labute approximate surface area is 120 Å². The first-order valence-electron chi connectivity index (χ1n) is 7.14. The Morgan fingerprint density at radius 2 is 2.10 bits per heavy atom. The monoisotopic (exact) mass is 290 g/mol. The predicted molar refractivity (Wildman–Crippen MR) is 67.0 cm³/mol. The Morgan fingerprint density at radius 1 is 1.29 bits per heavy atom. The van der Waals surface area contributed by atoms with Crippen molar-refractivity contribution in [3.05, 3.63) is 23.8 Å². The smallest absolute Gasteiger partial charge is 0.337 e. The van der Waals surface area contributed by atoms with Crippen LogP contribution in [0.25, 0.3) is 0 Å². The maximum Gasteiger partial charge on any atom is 0.337 e. The van der Waals surface area contributed by atoms with E-state index in [9.17, 15) is 9.59 Å². The van der Waals surface area contributed by atoms with Crippen LogP contribution in [0.3, 0.4) is 0 Å². The topological polar surface area (TPSA) is 77.7 Å². The Balaban J connectivity index is 1.59. The standard InChI is InChI=1S/C15H14O6/c1-5-9-7-3-6(14(17)18-7)10-11(20-10)12-15(2,21-12)4-8(9)19-13(5)16/h3,7-12H,1,4H2,2H3/t7?,8?,9?,10?,11?,12?,15-/m0/s1. The van der Waals surface area contributed by atoms with Crippen molar-refractivity contribution in [1.29, 1.82) is 0 Å². The van der Waals surface area contributed by atoms with E-state index in [0.717, 1.165) is 0 Å². The zero-order valence-corrected chi connectivity index (χ0v) is 11.4. The van der Waals surface area contributed by atoms with Crippen molar-refractivity contribution in [3.63, 3.8) is 0 Å². The summed E-state index contributed by atoms with van der Waals surface area (Å²) in [5.74, 6) is -1.12. The lowest BCUT2D eigenvalue weighted by Crippen LogP contribution is -2.33. The van der Waals surface area contributed by atoms with Crippen molar-refractivity contribution in [2.75, 3.05) is 0 Å². The average Bonchev–Trinajstić information content (AvgIpc) is 3.25. The number of hydrogen-bond acceptors (Lipinski definition) is 6. The first-order chi connectivity index (χ1) is 9.98. The highest BCUT2D eigenvalue weighted by atomic mass is 16.7. The number of carbonyl (C=O) groups excluding carboxylic acids is 2. The highest BCUT2D eigenvalue weighted by molar-refractivity contribution is 5.94. The molecule has 0 radical (unpaired) electrons. The normalized spacial score (nSPS) is 53.0. The zero-order valence-electron chi connectivity index (χ0n) is 11.4. The van der Waals surface area contributed by atoms with E-state index in [1.54, 1.807) is 6.08 Å². The van der Waals surface area contributed by atoms with Gasteiger partial charge in [-0.3, -0.25) is 0 Å². The zero-order chi connectivity index (χ0) is 14.5. The molecule has 4 heterocycles. The van der Waals surface area contributed by atoms with Crippen LogP contribution in [0.1, 0.15) is 13.3 Å². The molecule has 5 rings (SSSR count). The molecule has 6 heteroatoms. The van der Waals surface area contributed by atoms with Crippen molar-refractivity contribution in [3.8, 4) is 0 Å². The molecular formula is C15H14O6. The first kappa shape index (κ1) is 11.9. The number of epoxide rings is 2. The Morgan fingerprint density at radius 3 is 2.90 bits per heavy atom. The summed E-state index contributed by atoms with van der Waals surface area (Å²) in [6.07, 6.45) is 1.08. The maximum atomic E-state index is 12.0. The van der Waals surface area contributed by atoms with Crippen molar-refractivity contribution in [1.82, 2.24) is 0 Å². The van der Waals surface area contributed by atoms with Crippen molar-refractivity contribution in [2.24, 2.45) is 5.92 Å². The van der Waals surface area contributed by atoms with Crippen LogP contribution in [0.2, 0.25) is 0 Å². The SMILES string of the molecule is C=C1C(=O)OC2C[C@]3(C)OC3C3OC3C3=CC(OC3=O)C12. The van der Waals surface area contributed by atoms with Gasteiger partial charge in [-0.15, -0.1) is 0 Å². The Kier molecular flexibility index (Phi) is 1.93. The molecule has 110 valence electrons. The third-order valence-corrected chi connectivity index (χ3v) is 5.18. The van der Waals surface area contributed by atoms with Crippen molar-refractivity contribution in [2.45, 2.75) is 49.5 Å². The van der Waals surface area contributed by atoms with Crippen LogP contribution in [0.15, 0.2) is 23.8 Å². The minimum absolute atomic E-state index is 0.0541. The van der Waals surface area contributed by atoms with Gasteiger partial charge in [0.1, 0.15) is 30.5 Å². The van der Waals surface area contributed by atoms with Crippen LogP contribution in [0.4, 0.5) is 0 Å². The van der Waals surface area contributed by atoms with E-state index in [0.29, 0.717) is 17.6 Å². The molecule has 0 spiro atoms. The fraction of sp³-hybridized carbons (Fsp3) is 0.600. The van der Waals surface area contributed by atoms with E-state index in [1.165, 1.54) is 0 Å². The molecule has 0 N–H and O–H groups in total. The molecule has 21 heavy (non-hydrogen) atoms. The van der Waals surface area contributed by atoms with Crippen molar-refractivity contribution < 1.29 is 28.5 Å². The van der Waals surface area contributed by atoms with E-state index in [-0.39, 0.29) is 41.9 Å². The Bertz CT molecular complexity index is 636. The molecule has 6 unspecified atom stereocenters. The van der Waals surface area contributed by atoms with Crippen LogP contribution < -0.4 is 0 Å². The quantitative estimate of drug-likeness (QED) is 0.362. The third kappa shape index (κ3) is 1.44. The van der Waals surface area contributed by atoms with Crippen LogP contribution in [-0.2, 0) is 28.5 Å². The van der Waals surface area contributed by atoms with Gasteiger partial charge in [0.15, 0.2) is 0 Å². The number of hydrogen-bond donors (Lipinski definition) is 0. The lowest BCUT2D eigenvalue weighted by atomic mass is 9.83. The van der Waals surface area contributed by atoms with Gasteiger partial charge in [-0.05, 0) is 13.0 Å². The summed E-state index contributed by atoms with van der Waals surface area (Å²) in [7, 11) is 0. The van der Waals surface area contributed by atoms with Gasteiger partial charge >= 0.3 is 11.9 Å². The summed E-state index contributed by atoms with van der Waals surface area (Å²) in [4.78, 5) is 23.9. The van der Waals surface area contributed by atoms with E-state index in [4.69, 9.17) is 18.9 Å². The summed E-state index contributed by atoms with van der Waals surface area (Å²) < 4.78 is 22.3. The van der Waals surface area contributed by atoms with Gasteiger partial charge in [-0.2, -0.15) is 0 Å². The van der Waals surface area contributed by atoms with E-state index in [1.807, 2.05) is 6.92 Å². The number of fused-ring (bicyclic) bond motifs is 7. The minimum Gasteiger partial charge on any atom is -0.458 e. The highest BCUT2D eigenvalue weighted by Crippen LogP contribution is 2.54. The summed E-state index contributed by atoms with van der Waals surface area (Å²) in [6.45, 7) is 5.80. The molecule has 0 aromatic heterocycles. The molecule has 0 amide bonds. The molecular weight excluding hydrogens is 276 g/mol. The predicted octanol–water partition coefficient (Wildman–Crippen LogP) is 0.265. The minimum atomic E-state index is -0.500. The fourth-order valence-electron chi connectivity index (χ4n) is 3.92. The van der Waals surface area contributed by atoms with E-state index >= 15 is 0 Å². The molecule has 0 aromatic carbocycles.